The smallest absolute Gasteiger partial charge is 0.230 e. The van der Waals surface area contributed by atoms with Crippen LogP contribution in [0.3, 0.4) is 0 Å². The highest BCUT2D eigenvalue weighted by atomic mass is 16.2. The van der Waals surface area contributed by atoms with E-state index < -0.39 is 0 Å². The summed E-state index contributed by atoms with van der Waals surface area (Å²) in [7, 11) is 1.90. The number of likely N-dealkylation sites (N-methyl/N-ethyl adjacent to an activating group) is 1. The van der Waals surface area contributed by atoms with Crippen molar-refractivity contribution in [3.8, 4) is 0 Å². The Hall–Kier alpha value is -2.16. The Morgan fingerprint density at radius 3 is 2.45 bits per heavy atom. The molecule has 0 aliphatic carbocycles. The molecule has 0 saturated heterocycles. The second kappa shape index (κ2) is 8.32. The van der Waals surface area contributed by atoms with Crippen LogP contribution >= 0.6 is 0 Å². The summed E-state index contributed by atoms with van der Waals surface area (Å²) in [5, 5.41) is 0. The van der Waals surface area contributed by atoms with Gasteiger partial charge in [-0.05, 0) is 36.1 Å². The van der Waals surface area contributed by atoms with Gasteiger partial charge in [0.2, 0.25) is 5.91 Å². The molecule has 0 aliphatic rings. The van der Waals surface area contributed by atoms with Gasteiger partial charge in [-0.15, -0.1) is 0 Å². The van der Waals surface area contributed by atoms with Gasteiger partial charge in [-0.3, -0.25) is 9.78 Å². The van der Waals surface area contributed by atoms with Gasteiger partial charge >= 0.3 is 0 Å². The number of pyridine rings is 1. The standard InChI is InChI=1S/C19H24N2O/c1-3-4-14-21(2)19(22)18(17-8-6-5-7-9-17)15-16-10-12-20-13-11-16/h5-13,18H,3-4,14-15H2,1-2H3. The van der Waals surface area contributed by atoms with Gasteiger partial charge in [0, 0.05) is 26.0 Å². The van der Waals surface area contributed by atoms with E-state index in [0.29, 0.717) is 6.42 Å². The monoisotopic (exact) mass is 296 g/mol. The molecule has 1 amide bonds. The molecule has 1 atom stereocenters. The van der Waals surface area contributed by atoms with E-state index in [2.05, 4.69) is 11.9 Å². The van der Waals surface area contributed by atoms with Crippen molar-refractivity contribution in [2.45, 2.75) is 32.1 Å². The Kier molecular flexibility index (Phi) is 6.13. The van der Waals surface area contributed by atoms with Crippen molar-refractivity contribution >= 4 is 5.91 Å². The van der Waals surface area contributed by atoms with E-state index in [1.54, 1.807) is 12.4 Å². The molecule has 0 saturated carbocycles. The first-order valence-electron chi connectivity index (χ1n) is 7.91. The first-order valence-corrected chi connectivity index (χ1v) is 7.91. The molecule has 0 aliphatic heterocycles. The lowest BCUT2D eigenvalue weighted by Crippen LogP contribution is -2.33. The highest BCUT2D eigenvalue weighted by Gasteiger charge is 2.23. The van der Waals surface area contributed by atoms with Crippen LogP contribution in [0.4, 0.5) is 0 Å². The van der Waals surface area contributed by atoms with Crippen LogP contribution < -0.4 is 0 Å². The molecule has 2 rings (SSSR count). The Morgan fingerprint density at radius 1 is 1.14 bits per heavy atom. The normalized spacial score (nSPS) is 11.9. The topological polar surface area (TPSA) is 33.2 Å². The average molecular weight is 296 g/mol. The molecule has 0 spiro atoms. The molecule has 1 aromatic carbocycles. The van der Waals surface area contributed by atoms with E-state index in [-0.39, 0.29) is 11.8 Å². The van der Waals surface area contributed by atoms with Gasteiger partial charge in [0.25, 0.3) is 0 Å². The Balaban J connectivity index is 2.20. The van der Waals surface area contributed by atoms with Gasteiger partial charge in [0.05, 0.1) is 5.92 Å². The van der Waals surface area contributed by atoms with E-state index in [1.807, 2.05) is 54.4 Å². The number of hydrogen-bond acceptors (Lipinski definition) is 2. The van der Waals surface area contributed by atoms with Gasteiger partial charge < -0.3 is 4.90 Å². The molecule has 1 unspecified atom stereocenters. The first kappa shape index (κ1) is 16.2. The number of hydrogen-bond donors (Lipinski definition) is 0. The summed E-state index contributed by atoms with van der Waals surface area (Å²) < 4.78 is 0. The zero-order valence-corrected chi connectivity index (χ0v) is 13.4. The third-order valence-electron chi connectivity index (χ3n) is 3.91. The van der Waals surface area contributed by atoms with Crippen molar-refractivity contribution < 1.29 is 4.79 Å². The number of aromatic nitrogens is 1. The molecule has 0 N–H and O–H groups in total. The van der Waals surface area contributed by atoms with Crippen LogP contribution in [-0.2, 0) is 11.2 Å². The lowest BCUT2D eigenvalue weighted by Gasteiger charge is -2.24. The maximum absolute atomic E-state index is 12.9. The fourth-order valence-corrected chi connectivity index (χ4v) is 2.56. The van der Waals surface area contributed by atoms with E-state index >= 15 is 0 Å². The molecule has 0 radical (unpaired) electrons. The molecule has 2 aromatic rings. The zero-order valence-electron chi connectivity index (χ0n) is 13.4. The highest BCUT2D eigenvalue weighted by molar-refractivity contribution is 5.83. The number of nitrogens with zero attached hydrogens (tertiary/aromatic N) is 2. The van der Waals surface area contributed by atoms with Crippen molar-refractivity contribution in [2.75, 3.05) is 13.6 Å². The number of benzene rings is 1. The fourth-order valence-electron chi connectivity index (χ4n) is 2.56. The van der Waals surface area contributed by atoms with Crippen molar-refractivity contribution in [1.29, 1.82) is 0 Å². The summed E-state index contributed by atoms with van der Waals surface area (Å²) in [4.78, 5) is 18.8. The zero-order chi connectivity index (χ0) is 15.8. The third-order valence-corrected chi connectivity index (χ3v) is 3.91. The molecule has 116 valence electrons. The van der Waals surface area contributed by atoms with Crippen LogP contribution in [0.1, 0.15) is 36.8 Å². The number of amides is 1. The number of rotatable bonds is 7. The second-order valence-corrected chi connectivity index (χ2v) is 5.64. The lowest BCUT2D eigenvalue weighted by atomic mass is 9.91. The Bertz CT molecular complexity index is 569. The van der Waals surface area contributed by atoms with Crippen molar-refractivity contribution in [1.82, 2.24) is 9.88 Å². The summed E-state index contributed by atoms with van der Waals surface area (Å²) in [6, 6.07) is 14.0. The molecular formula is C19H24N2O. The lowest BCUT2D eigenvalue weighted by molar-refractivity contribution is -0.131. The second-order valence-electron chi connectivity index (χ2n) is 5.64. The van der Waals surface area contributed by atoms with Gasteiger partial charge in [-0.2, -0.15) is 0 Å². The van der Waals surface area contributed by atoms with Crippen LogP contribution in [0.2, 0.25) is 0 Å². The molecule has 0 fully saturated rings. The predicted octanol–water partition coefficient (Wildman–Crippen LogP) is 3.67. The fraction of sp³-hybridized carbons (Fsp3) is 0.368. The van der Waals surface area contributed by atoms with Crippen LogP contribution in [0.15, 0.2) is 54.9 Å². The molecule has 3 heteroatoms. The van der Waals surface area contributed by atoms with E-state index in [0.717, 1.165) is 30.5 Å². The molecule has 3 nitrogen and oxygen atoms in total. The minimum Gasteiger partial charge on any atom is -0.345 e. The predicted molar refractivity (Wildman–Crippen MR) is 89.7 cm³/mol. The van der Waals surface area contributed by atoms with E-state index in [1.165, 1.54) is 0 Å². The molecule has 22 heavy (non-hydrogen) atoms. The van der Waals surface area contributed by atoms with Crippen LogP contribution in [0, 0.1) is 0 Å². The summed E-state index contributed by atoms with van der Waals surface area (Å²) in [6.07, 6.45) is 6.41. The van der Waals surface area contributed by atoms with Crippen LogP contribution in [-0.4, -0.2) is 29.4 Å². The Morgan fingerprint density at radius 2 is 1.82 bits per heavy atom. The third kappa shape index (κ3) is 4.42. The molecule has 1 aromatic heterocycles. The highest BCUT2D eigenvalue weighted by Crippen LogP contribution is 2.23. The quantitative estimate of drug-likeness (QED) is 0.781. The minimum absolute atomic E-state index is 0.134. The van der Waals surface area contributed by atoms with Crippen molar-refractivity contribution in [2.24, 2.45) is 0 Å². The van der Waals surface area contributed by atoms with Gasteiger partial charge in [-0.1, -0.05) is 43.7 Å². The SMILES string of the molecule is CCCCN(C)C(=O)C(Cc1ccncc1)c1ccccc1. The summed E-state index contributed by atoms with van der Waals surface area (Å²) in [6.45, 7) is 2.96. The number of carbonyl (C=O) groups excluding carboxylic acids is 1. The first-order chi connectivity index (χ1) is 10.7. The summed E-state index contributed by atoms with van der Waals surface area (Å²) in [5.41, 5.74) is 2.22. The van der Waals surface area contributed by atoms with E-state index in [9.17, 15) is 4.79 Å². The number of unbranched alkanes of at least 4 members (excludes halogenated alkanes) is 1. The molecule has 0 bridgehead atoms. The minimum atomic E-state index is -0.134. The van der Waals surface area contributed by atoms with Gasteiger partial charge in [-0.25, -0.2) is 0 Å². The Labute approximate surface area is 133 Å². The summed E-state index contributed by atoms with van der Waals surface area (Å²) >= 11 is 0. The van der Waals surface area contributed by atoms with Crippen molar-refractivity contribution in [3.63, 3.8) is 0 Å². The largest absolute Gasteiger partial charge is 0.345 e. The van der Waals surface area contributed by atoms with Gasteiger partial charge in [0.15, 0.2) is 0 Å². The molecule has 1 heterocycles. The maximum Gasteiger partial charge on any atom is 0.230 e. The van der Waals surface area contributed by atoms with Crippen LogP contribution in [0.5, 0.6) is 0 Å². The van der Waals surface area contributed by atoms with Crippen LogP contribution in [0.25, 0.3) is 0 Å². The number of carbonyl (C=O) groups is 1. The molecular weight excluding hydrogens is 272 g/mol. The summed E-state index contributed by atoms with van der Waals surface area (Å²) in [5.74, 6) is 0.0573. The van der Waals surface area contributed by atoms with Crippen molar-refractivity contribution in [3.05, 3.63) is 66.0 Å². The van der Waals surface area contributed by atoms with Gasteiger partial charge in [0.1, 0.15) is 0 Å². The maximum atomic E-state index is 12.9. The average Bonchev–Trinajstić information content (AvgIpc) is 2.58. The van der Waals surface area contributed by atoms with E-state index in [4.69, 9.17) is 0 Å².